The molecule has 1 heterocycles. The van der Waals surface area contributed by atoms with E-state index >= 15 is 0 Å². The Morgan fingerprint density at radius 2 is 1.78 bits per heavy atom. The molecule has 27 heavy (non-hydrogen) atoms. The maximum atomic E-state index is 12.7. The van der Waals surface area contributed by atoms with Gasteiger partial charge in [0.05, 0.1) is 25.5 Å². The average Bonchev–Trinajstić information content (AvgIpc) is 2.92. The van der Waals surface area contributed by atoms with Gasteiger partial charge in [0.2, 0.25) is 5.91 Å². The van der Waals surface area contributed by atoms with Gasteiger partial charge in [0, 0.05) is 5.02 Å². The van der Waals surface area contributed by atoms with E-state index in [0.29, 0.717) is 29.5 Å². The topological polar surface area (TPSA) is 55.8 Å². The lowest BCUT2D eigenvalue weighted by atomic mass is 10.1. The van der Waals surface area contributed by atoms with Crippen molar-refractivity contribution in [1.82, 2.24) is 4.90 Å². The zero-order valence-electron chi connectivity index (χ0n) is 15.1. The van der Waals surface area contributed by atoms with Crippen molar-refractivity contribution in [2.45, 2.75) is 25.1 Å². The van der Waals surface area contributed by atoms with E-state index in [2.05, 4.69) is 0 Å². The lowest BCUT2D eigenvalue weighted by Crippen LogP contribution is -2.31. The van der Waals surface area contributed by atoms with Crippen LogP contribution in [0.4, 0.5) is 4.79 Å². The van der Waals surface area contributed by atoms with E-state index < -0.39 is 5.25 Å². The molecule has 1 atom stereocenters. The van der Waals surface area contributed by atoms with E-state index in [-0.39, 0.29) is 17.7 Å². The van der Waals surface area contributed by atoms with E-state index in [1.54, 1.807) is 19.2 Å². The molecule has 0 aliphatic carbocycles. The smallest absolute Gasteiger partial charge is 0.289 e. The molecular formula is C20H20ClNO4S. The number of hydrogen-bond acceptors (Lipinski definition) is 5. The van der Waals surface area contributed by atoms with Crippen LogP contribution in [0.1, 0.15) is 18.1 Å². The minimum absolute atomic E-state index is 0.173. The molecule has 0 aromatic heterocycles. The lowest BCUT2D eigenvalue weighted by Gasteiger charge is -2.15. The number of hydrogen-bond donors (Lipinski definition) is 0. The minimum atomic E-state index is -0.438. The highest BCUT2D eigenvalue weighted by Gasteiger charge is 2.39. The molecule has 0 bridgehead atoms. The number of nitrogens with zero attached hydrogens (tertiary/aromatic N) is 1. The molecule has 1 saturated heterocycles. The Kier molecular flexibility index (Phi) is 6.29. The number of ether oxygens (including phenoxy) is 2. The molecule has 0 spiro atoms. The third-order valence-corrected chi connectivity index (χ3v) is 5.53. The summed E-state index contributed by atoms with van der Waals surface area (Å²) in [5.74, 6) is 1.11. The van der Waals surface area contributed by atoms with Crippen LogP contribution in [0.5, 0.6) is 11.5 Å². The van der Waals surface area contributed by atoms with Crippen LogP contribution in [0.15, 0.2) is 42.5 Å². The van der Waals surface area contributed by atoms with Crippen LogP contribution >= 0.6 is 23.4 Å². The summed E-state index contributed by atoms with van der Waals surface area (Å²) in [6.07, 6.45) is 0.453. The molecule has 3 rings (SSSR count). The average molecular weight is 406 g/mol. The summed E-state index contributed by atoms with van der Waals surface area (Å²) in [7, 11) is 1.58. The lowest BCUT2D eigenvalue weighted by molar-refractivity contribution is -0.127. The van der Waals surface area contributed by atoms with Gasteiger partial charge in [-0.15, -0.1) is 0 Å². The van der Waals surface area contributed by atoms with Crippen LogP contribution in [0.2, 0.25) is 5.02 Å². The molecule has 1 aliphatic rings. The van der Waals surface area contributed by atoms with Crippen LogP contribution in [-0.2, 0) is 17.8 Å². The van der Waals surface area contributed by atoms with Crippen molar-refractivity contribution in [2.75, 3.05) is 13.7 Å². The van der Waals surface area contributed by atoms with Crippen LogP contribution in [0.25, 0.3) is 0 Å². The normalized spacial score (nSPS) is 16.7. The molecule has 0 saturated carbocycles. The molecule has 0 N–H and O–H groups in total. The highest BCUT2D eigenvalue weighted by molar-refractivity contribution is 8.15. The Morgan fingerprint density at radius 1 is 1.07 bits per heavy atom. The molecule has 142 valence electrons. The number of benzene rings is 2. The highest BCUT2D eigenvalue weighted by atomic mass is 35.5. The maximum absolute atomic E-state index is 12.7. The fourth-order valence-corrected chi connectivity index (χ4v) is 4.03. The van der Waals surface area contributed by atoms with Gasteiger partial charge in [0.15, 0.2) is 11.5 Å². The van der Waals surface area contributed by atoms with E-state index in [1.165, 1.54) is 4.90 Å². The van der Waals surface area contributed by atoms with Crippen LogP contribution < -0.4 is 9.47 Å². The largest absolute Gasteiger partial charge is 0.493 e. The first-order valence-electron chi connectivity index (χ1n) is 8.58. The van der Waals surface area contributed by atoms with Crippen molar-refractivity contribution in [3.63, 3.8) is 0 Å². The van der Waals surface area contributed by atoms with Crippen molar-refractivity contribution in [1.29, 1.82) is 0 Å². The summed E-state index contributed by atoms with van der Waals surface area (Å²) in [5.41, 5.74) is 1.78. The molecule has 0 unspecified atom stereocenters. The van der Waals surface area contributed by atoms with Crippen molar-refractivity contribution >= 4 is 34.5 Å². The highest BCUT2D eigenvalue weighted by Crippen LogP contribution is 2.33. The minimum Gasteiger partial charge on any atom is -0.493 e. The summed E-state index contributed by atoms with van der Waals surface area (Å²) < 4.78 is 10.9. The van der Waals surface area contributed by atoms with Crippen molar-refractivity contribution in [3.05, 3.63) is 58.6 Å². The Labute approximate surface area is 167 Å². The Morgan fingerprint density at radius 3 is 2.44 bits per heavy atom. The third-order valence-electron chi connectivity index (χ3n) is 4.21. The monoisotopic (exact) mass is 405 g/mol. The van der Waals surface area contributed by atoms with Gasteiger partial charge in [0.1, 0.15) is 0 Å². The second kappa shape index (κ2) is 8.67. The van der Waals surface area contributed by atoms with E-state index in [9.17, 15) is 9.59 Å². The SMILES string of the molecule is CCOc1ccc(C[C@@H]2SC(=O)N(Cc3ccc(Cl)cc3)C2=O)cc1OC. The standard InChI is InChI=1S/C20H20ClNO4S/c1-3-26-16-9-6-14(10-17(16)25-2)11-18-19(23)22(20(24)27-18)12-13-4-7-15(21)8-5-13/h4-10,18H,3,11-12H2,1-2H3/t18-/m0/s1. The first kappa shape index (κ1) is 19.6. The number of rotatable bonds is 7. The van der Waals surface area contributed by atoms with Crippen LogP contribution in [0, 0.1) is 0 Å². The molecule has 5 nitrogen and oxygen atoms in total. The number of methoxy groups -OCH3 is 1. The first-order chi connectivity index (χ1) is 13.0. The van der Waals surface area contributed by atoms with Crippen molar-refractivity contribution in [3.8, 4) is 11.5 Å². The van der Waals surface area contributed by atoms with Gasteiger partial charge in [-0.25, -0.2) is 0 Å². The van der Waals surface area contributed by atoms with Crippen molar-refractivity contribution in [2.24, 2.45) is 0 Å². The Balaban J connectivity index is 1.70. The first-order valence-corrected chi connectivity index (χ1v) is 9.83. The van der Waals surface area contributed by atoms with Gasteiger partial charge in [-0.2, -0.15) is 0 Å². The van der Waals surface area contributed by atoms with Crippen molar-refractivity contribution < 1.29 is 19.1 Å². The fraction of sp³-hybridized carbons (Fsp3) is 0.300. The summed E-state index contributed by atoms with van der Waals surface area (Å²) in [4.78, 5) is 26.3. The molecule has 2 aromatic rings. The van der Waals surface area contributed by atoms with Gasteiger partial charge >= 0.3 is 0 Å². The van der Waals surface area contributed by atoms with Crippen LogP contribution in [-0.4, -0.2) is 35.0 Å². The second-order valence-corrected chi connectivity index (χ2v) is 7.64. The molecule has 0 radical (unpaired) electrons. The zero-order valence-corrected chi connectivity index (χ0v) is 16.7. The summed E-state index contributed by atoms with van der Waals surface area (Å²) in [6, 6.07) is 12.7. The predicted molar refractivity (Wildman–Crippen MR) is 107 cm³/mol. The molecule has 7 heteroatoms. The number of halogens is 1. The number of carbonyl (C=O) groups is 2. The quantitative estimate of drug-likeness (QED) is 0.676. The molecule has 2 amide bonds. The number of carbonyl (C=O) groups excluding carboxylic acids is 2. The summed E-state index contributed by atoms with van der Waals surface area (Å²) in [5, 5.41) is -0.0418. The van der Waals surface area contributed by atoms with Gasteiger partial charge in [-0.05, 0) is 48.7 Å². The van der Waals surface area contributed by atoms with E-state index in [1.807, 2.05) is 37.3 Å². The van der Waals surface area contributed by atoms with Gasteiger partial charge in [0.25, 0.3) is 5.24 Å². The fourth-order valence-electron chi connectivity index (χ4n) is 2.87. The zero-order chi connectivity index (χ0) is 19.4. The van der Waals surface area contributed by atoms with Crippen LogP contribution in [0.3, 0.4) is 0 Å². The molecular weight excluding hydrogens is 386 g/mol. The second-order valence-electron chi connectivity index (χ2n) is 6.05. The Hall–Kier alpha value is -2.18. The summed E-state index contributed by atoms with van der Waals surface area (Å²) >= 11 is 6.95. The van der Waals surface area contributed by atoms with Gasteiger partial charge in [-0.3, -0.25) is 14.5 Å². The van der Waals surface area contributed by atoms with E-state index in [4.69, 9.17) is 21.1 Å². The Bertz CT molecular complexity index is 840. The molecule has 1 aliphatic heterocycles. The number of imide groups is 1. The van der Waals surface area contributed by atoms with E-state index in [0.717, 1.165) is 22.9 Å². The van der Waals surface area contributed by atoms with Gasteiger partial charge < -0.3 is 9.47 Å². The third kappa shape index (κ3) is 4.57. The number of thioether (sulfide) groups is 1. The van der Waals surface area contributed by atoms with Gasteiger partial charge in [-0.1, -0.05) is 41.6 Å². The maximum Gasteiger partial charge on any atom is 0.289 e. The summed E-state index contributed by atoms with van der Waals surface area (Å²) in [6.45, 7) is 2.70. The molecule has 1 fully saturated rings. The number of amides is 2. The molecule has 2 aromatic carbocycles. The predicted octanol–water partition coefficient (Wildman–Crippen LogP) is 4.55.